The molecule has 1 aliphatic heterocycles. The molecule has 38 heavy (non-hydrogen) atoms. The highest BCUT2D eigenvalue weighted by Crippen LogP contribution is 2.40. The molecule has 1 aliphatic rings. The largest absolute Gasteiger partial charge is 0.462 e. The summed E-state index contributed by atoms with van der Waals surface area (Å²) < 4.78 is 5.35. The smallest absolute Gasteiger partial charge is 0.339 e. The third-order valence-electron chi connectivity index (χ3n) is 6.51. The number of nitriles is 1. The highest BCUT2D eigenvalue weighted by molar-refractivity contribution is 5.94. The Morgan fingerprint density at radius 3 is 2.61 bits per heavy atom. The quantitative estimate of drug-likeness (QED) is 0.349. The first-order valence-electron chi connectivity index (χ1n) is 12.6. The van der Waals surface area contributed by atoms with Gasteiger partial charge in [0.1, 0.15) is 11.9 Å². The van der Waals surface area contributed by atoms with E-state index in [1.165, 1.54) is 12.4 Å². The van der Waals surface area contributed by atoms with E-state index in [1.807, 2.05) is 49.0 Å². The molecular weight excluding hydrogens is 480 g/mol. The summed E-state index contributed by atoms with van der Waals surface area (Å²) in [6.07, 6.45) is 4.52. The normalized spacial score (nSPS) is 16.5. The Hall–Kier alpha value is -4.29. The Bertz CT molecular complexity index is 1330. The zero-order chi connectivity index (χ0) is 27.2. The van der Waals surface area contributed by atoms with Gasteiger partial charge in [-0.3, -0.25) is 9.78 Å². The van der Waals surface area contributed by atoms with Crippen molar-refractivity contribution >= 4 is 23.4 Å². The van der Waals surface area contributed by atoms with Gasteiger partial charge in [-0.15, -0.1) is 0 Å². The van der Waals surface area contributed by atoms with Crippen LogP contribution in [-0.4, -0.2) is 60.0 Å². The van der Waals surface area contributed by atoms with Gasteiger partial charge in [0.05, 0.1) is 29.5 Å². The van der Waals surface area contributed by atoms with E-state index in [1.54, 1.807) is 31.2 Å². The molecule has 1 N–H and O–H groups in total. The number of fused-ring (bicyclic) bond motifs is 1. The fourth-order valence-corrected chi connectivity index (χ4v) is 4.68. The molecule has 3 heterocycles. The van der Waals surface area contributed by atoms with Crippen molar-refractivity contribution in [3.05, 3.63) is 71.5 Å². The number of benzene rings is 1. The molecule has 9 heteroatoms. The van der Waals surface area contributed by atoms with Crippen LogP contribution >= 0.6 is 0 Å². The monoisotopic (exact) mass is 512 g/mol. The molecule has 1 aromatic carbocycles. The number of carbonyl (C=O) groups is 2. The summed E-state index contributed by atoms with van der Waals surface area (Å²) in [4.78, 5) is 37.6. The number of nitrogens with zero attached hydrogens (tertiary/aromatic N) is 5. The fraction of sp³-hybridized carbons (Fsp3) is 0.345. The first-order chi connectivity index (χ1) is 18.3. The maximum atomic E-state index is 12.5. The topological polar surface area (TPSA) is 111 Å². The van der Waals surface area contributed by atoms with Crippen LogP contribution in [0, 0.1) is 11.3 Å². The maximum Gasteiger partial charge on any atom is 0.339 e. The highest BCUT2D eigenvalue weighted by atomic mass is 16.5. The average Bonchev–Trinajstić information content (AvgIpc) is 2.91. The molecule has 196 valence electrons. The van der Waals surface area contributed by atoms with Gasteiger partial charge in [-0.2, -0.15) is 5.26 Å². The van der Waals surface area contributed by atoms with E-state index >= 15 is 0 Å². The lowest BCUT2D eigenvalue weighted by Crippen LogP contribution is -2.43. The Balaban J connectivity index is 1.58. The summed E-state index contributed by atoms with van der Waals surface area (Å²) in [6.45, 7) is 4.81. The number of pyridine rings is 2. The van der Waals surface area contributed by atoms with Crippen LogP contribution < -0.4 is 10.2 Å². The number of hydrogen-bond donors (Lipinski definition) is 1. The first kappa shape index (κ1) is 26.8. The van der Waals surface area contributed by atoms with E-state index in [2.05, 4.69) is 21.4 Å². The maximum absolute atomic E-state index is 12.5. The van der Waals surface area contributed by atoms with Crippen LogP contribution in [0.2, 0.25) is 0 Å². The SMILES string of the molecule is CC(=O)N1c2ccc(-c3ccc(C(=O)OCCCN(C)C)cn3)cc2[C@H](Nc2ccc(C#N)cn2)C[C@@H]1C. The van der Waals surface area contributed by atoms with Gasteiger partial charge in [-0.05, 0) is 75.8 Å². The average molecular weight is 513 g/mol. The van der Waals surface area contributed by atoms with Crippen molar-refractivity contribution in [1.29, 1.82) is 5.26 Å². The minimum absolute atomic E-state index is 0.0112. The number of amides is 1. The Morgan fingerprint density at radius 1 is 1.16 bits per heavy atom. The van der Waals surface area contributed by atoms with Gasteiger partial charge in [-0.25, -0.2) is 9.78 Å². The predicted octanol–water partition coefficient (Wildman–Crippen LogP) is 4.42. The van der Waals surface area contributed by atoms with E-state index < -0.39 is 5.97 Å². The zero-order valence-electron chi connectivity index (χ0n) is 22.1. The van der Waals surface area contributed by atoms with Gasteiger partial charge in [0.2, 0.25) is 5.91 Å². The van der Waals surface area contributed by atoms with Crippen LogP contribution in [-0.2, 0) is 9.53 Å². The molecule has 9 nitrogen and oxygen atoms in total. The number of rotatable bonds is 8. The molecule has 0 saturated carbocycles. The molecule has 0 unspecified atom stereocenters. The Labute approximate surface area is 223 Å². The van der Waals surface area contributed by atoms with Crippen molar-refractivity contribution in [1.82, 2.24) is 14.9 Å². The molecule has 0 radical (unpaired) electrons. The molecule has 0 fully saturated rings. The number of hydrogen-bond acceptors (Lipinski definition) is 8. The third-order valence-corrected chi connectivity index (χ3v) is 6.51. The molecule has 4 rings (SSSR count). The van der Waals surface area contributed by atoms with E-state index in [0.717, 1.165) is 29.8 Å². The number of carbonyl (C=O) groups excluding carboxylic acids is 2. The lowest BCUT2D eigenvalue weighted by Gasteiger charge is -2.39. The molecule has 3 aromatic rings. The Morgan fingerprint density at radius 2 is 1.97 bits per heavy atom. The molecule has 0 aliphatic carbocycles. The number of nitrogens with one attached hydrogen (secondary N) is 1. The number of esters is 1. The molecule has 2 atom stereocenters. The Kier molecular flexibility index (Phi) is 8.34. The van der Waals surface area contributed by atoms with Crippen molar-refractivity contribution in [2.75, 3.05) is 37.5 Å². The van der Waals surface area contributed by atoms with Crippen molar-refractivity contribution < 1.29 is 14.3 Å². The van der Waals surface area contributed by atoms with Gasteiger partial charge < -0.3 is 19.9 Å². The first-order valence-corrected chi connectivity index (χ1v) is 12.6. The van der Waals surface area contributed by atoms with Gasteiger partial charge in [0.15, 0.2) is 0 Å². The van der Waals surface area contributed by atoms with Gasteiger partial charge in [0, 0.05) is 43.2 Å². The second-order valence-electron chi connectivity index (χ2n) is 9.71. The van der Waals surface area contributed by atoms with Gasteiger partial charge in [-0.1, -0.05) is 6.07 Å². The van der Waals surface area contributed by atoms with Crippen LogP contribution in [0.4, 0.5) is 11.5 Å². The number of ether oxygens (including phenoxy) is 1. The minimum atomic E-state index is -0.390. The number of aromatic nitrogens is 2. The fourth-order valence-electron chi connectivity index (χ4n) is 4.68. The molecule has 0 spiro atoms. The van der Waals surface area contributed by atoms with Gasteiger partial charge >= 0.3 is 5.97 Å². The van der Waals surface area contributed by atoms with Crippen LogP contribution in [0.1, 0.15) is 54.2 Å². The van der Waals surface area contributed by atoms with Crippen LogP contribution in [0.3, 0.4) is 0 Å². The summed E-state index contributed by atoms with van der Waals surface area (Å²) in [5, 5.41) is 12.5. The van der Waals surface area contributed by atoms with Crippen molar-refractivity contribution in [3.8, 4) is 17.3 Å². The second kappa shape index (κ2) is 11.8. The van der Waals surface area contributed by atoms with Gasteiger partial charge in [0.25, 0.3) is 0 Å². The highest BCUT2D eigenvalue weighted by Gasteiger charge is 2.33. The molecule has 1 amide bonds. The van der Waals surface area contributed by atoms with Crippen LogP contribution in [0.25, 0.3) is 11.3 Å². The molecule has 0 bridgehead atoms. The summed E-state index contributed by atoms with van der Waals surface area (Å²) >= 11 is 0. The second-order valence-corrected chi connectivity index (χ2v) is 9.71. The molecule has 0 saturated heterocycles. The summed E-state index contributed by atoms with van der Waals surface area (Å²) in [6, 6.07) is 14.9. The van der Waals surface area contributed by atoms with Crippen molar-refractivity contribution in [2.24, 2.45) is 0 Å². The van der Waals surface area contributed by atoms with E-state index in [0.29, 0.717) is 35.7 Å². The van der Waals surface area contributed by atoms with Crippen LogP contribution in [0.15, 0.2) is 54.9 Å². The lowest BCUT2D eigenvalue weighted by molar-refractivity contribution is -0.117. The lowest BCUT2D eigenvalue weighted by atomic mass is 9.89. The standard InChI is InChI=1S/C29H32N6O3/c1-19-14-26(33-28-11-6-21(16-30)17-32-28)24-15-22(8-10-27(24)35(19)20(2)36)25-9-7-23(18-31-25)29(37)38-13-5-12-34(3)4/h6-11,15,17-19,26H,5,12-14H2,1-4H3,(H,32,33)/t19-,26+/m0/s1. The summed E-state index contributed by atoms with van der Waals surface area (Å²) in [7, 11) is 3.96. The summed E-state index contributed by atoms with van der Waals surface area (Å²) in [5.74, 6) is 0.243. The van der Waals surface area contributed by atoms with Crippen LogP contribution in [0.5, 0.6) is 0 Å². The molecule has 2 aromatic heterocycles. The minimum Gasteiger partial charge on any atom is -0.462 e. The molecular formula is C29H32N6O3. The third kappa shape index (κ3) is 6.15. The van der Waals surface area contributed by atoms with E-state index in [9.17, 15) is 9.59 Å². The zero-order valence-corrected chi connectivity index (χ0v) is 22.1. The van der Waals surface area contributed by atoms with E-state index in [-0.39, 0.29) is 18.0 Å². The number of anilines is 2. The van der Waals surface area contributed by atoms with Crippen molar-refractivity contribution in [3.63, 3.8) is 0 Å². The predicted molar refractivity (Wildman–Crippen MR) is 146 cm³/mol. The van der Waals surface area contributed by atoms with E-state index in [4.69, 9.17) is 10.00 Å². The van der Waals surface area contributed by atoms with Crippen molar-refractivity contribution in [2.45, 2.75) is 38.8 Å². The summed E-state index contributed by atoms with van der Waals surface area (Å²) in [5.41, 5.74) is 4.26.